The molecule has 0 radical (unpaired) electrons. The molecule has 0 bridgehead atoms. The maximum absolute atomic E-state index is 9.59. The molecule has 1 aliphatic carbocycles. The van der Waals surface area contributed by atoms with Crippen LogP contribution in [0.1, 0.15) is 11.1 Å². The Bertz CT molecular complexity index is 840. The minimum atomic E-state index is 0.264. The molecule has 2 aromatic carbocycles. The number of rotatable bonds is 0. The van der Waals surface area contributed by atoms with Crippen LogP contribution in [0.25, 0.3) is 22.2 Å². The van der Waals surface area contributed by atoms with E-state index in [1.54, 1.807) is 18.2 Å². The van der Waals surface area contributed by atoms with E-state index in [-0.39, 0.29) is 5.75 Å². The van der Waals surface area contributed by atoms with Crippen LogP contribution in [0.3, 0.4) is 0 Å². The highest BCUT2D eigenvalue weighted by molar-refractivity contribution is 5.85. The molecule has 0 saturated carbocycles. The lowest BCUT2D eigenvalue weighted by molar-refractivity contribution is 0.474. The molecule has 3 heteroatoms. The summed E-state index contributed by atoms with van der Waals surface area (Å²) in [7, 11) is 0. The molecule has 0 saturated heterocycles. The van der Waals surface area contributed by atoms with Gasteiger partial charge in [0.2, 0.25) is 0 Å². The molecule has 1 aromatic heterocycles. The monoisotopic (exact) mass is 263 g/mol. The van der Waals surface area contributed by atoms with E-state index in [0.29, 0.717) is 5.75 Å². The van der Waals surface area contributed by atoms with Crippen LogP contribution >= 0.6 is 0 Å². The van der Waals surface area contributed by atoms with Crippen LogP contribution in [0.4, 0.5) is 0 Å². The number of aryl methyl sites for hydroxylation is 2. The lowest BCUT2D eigenvalue weighted by Gasteiger charge is -2.19. The Morgan fingerprint density at radius 3 is 2.45 bits per heavy atom. The maximum atomic E-state index is 9.59. The molecule has 98 valence electrons. The van der Waals surface area contributed by atoms with Gasteiger partial charge in [0, 0.05) is 10.9 Å². The van der Waals surface area contributed by atoms with Crippen LogP contribution in [0.15, 0.2) is 42.5 Å². The zero-order chi connectivity index (χ0) is 13.7. The first-order valence-corrected chi connectivity index (χ1v) is 6.65. The summed E-state index contributed by atoms with van der Waals surface area (Å²) in [6.07, 6.45) is 1.81. The predicted octanol–water partition coefficient (Wildman–Crippen LogP) is 3.41. The van der Waals surface area contributed by atoms with Crippen LogP contribution in [0.5, 0.6) is 11.5 Å². The van der Waals surface area contributed by atoms with Gasteiger partial charge in [0.25, 0.3) is 0 Å². The molecule has 0 unspecified atom stereocenters. The van der Waals surface area contributed by atoms with Gasteiger partial charge < -0.3 is 10.2 Å². The molecule has 3 nitrogen and oxygen atoms in total. The second-order valence-corrected chi connectivity index (χ2v) is 5.21. The van der Waals surface area contributed by atoms with Gasteiger partial charge >= 0.3 is 0 Å². The average Bonchev–Trinajstić information content (AvgIpc) is 2.44. The van der Waals surface area contributed by atoms with Crippen molar-refractivity contribution in [3.05, 3.63) is 53.6 Å². The third-order valence-electron chi connectivity index (χ3n) is 3.88. The summed E-state index contributed by atoms with van der Waals surface area (Å²) in [5.41, 5.74) is 5.30. The Hall–Kier alpha value is -2.55. The molecule has 4 rings (SSSR count). The minimum Gasteiger partial charge on any atom is -0.508 e. The lowest BCUT2D eigenvalue weighted by Crippen LogP contribution is -2.05. The number of fused-ring (bicyclic) bond motifs is 4. The molecule has 0 aliphatic heterocycles. The molecule has 0 spiro atoms. The van der Waals surface area contributed by atoms with E-state index in [1.165, 1.54) is 5.56 Å². The van der Waals surface area contributed by atoms with Crippen molar-refractivity contribution in [2.75, 3.05) is 0 Å². The smallest absolute Gasteiger partial charge is 0.116 e. The summed E-state index contributed by atoms with van der Waals surface area (Å²) in [4.78, 5) is 4.74. The van der Waals surface area contributed by atoms with Crippen molar-refractivity contribution in [3.8, 4) is 22.8 Å². The molecule has 2 N–H and O–H groups in total. The summed E-state index contributed by atoms with van der Waals surface area (Å²) in [5, 5.41) is 20.1. The summed E-state index contributed by atoms with van der Waals surface area (Å²) in [5.74, 6) is 0.568. The first kappa shape index (κ1) is 11.3. The van der Waals surface area contributed by atoms with E-state index in [0.717, 1.165) is 40.6 Å². The number of phenolic OH excluding ortho intramolecular Hbond substituents is 2. The van der Waals surface area contributed by atoms with E-state index < -0.39 is 0 Å². The fraction of sp³-hybridized carbons (Fsp3) is 0.118. The highest BCUT2D eigenvalue weighted by atomic mass is 16.3. The van der Waals surface area contributed by atoms with Crippen molar-refractivity contribution < 1.29 is 10.2 Å². The van der Waals surface area contributed by atoms with Crippen LogP contribution in [-0.2, 0) is 12.8 Å². The number of hydrogen-bond donors (Lipinski definition) is 2. The molecule has 3 aromatic rings. The van der Waals surface area contributed by atoms with Gasteiger partial charge in [0.15, 0.2) is 0 Å². The fourth-order valence-corrected chi connectivity index (χ4v) is 2.92. The summed E-state index contributed by atoms with van der Waals surface area (Å²) >= 11 is 0. The Balaban J connectivity index is 2.00. The molecular formula is C17H13NO2. The van der Waals surface area contributed by atoms with Gasteiger partial charge in [-0.15, -0.1) is 0 Å². The molecule has 1 aliphatic rings. The fourth-order valence-electron chi connectivity index (χ4n) is 2.92. The summed E-state index contributed by atoms with van der Waals surface area (Å²) in [6.45, 7) is 0. The van der Waals surface area contributed by atoms with Gasteiger partial charge in [0.05, 0.1) is 11.2 Å². The van der Waals surface area contributed by atoms with Gasteiger partial charge in [-0.25, -0.2) is 4.98 Å². The standard InChI is InChI=1S/C17H13NO2/c19-13-3-5-15-10(8-13)1-2-11-7-12-9-14(20)4-6-16(12)18-17(11)15/h3-9,19-20H,1-2H2. The number of pyridine rings is 1. The molecule has 0 fully saturated rings. The van der Waals surface area contributed by atoms with Gasteiger partial charge in [-0.1, -0.05) is 0 Å². The molecule has 1 heterocycles. The predicted molar refractivity (Wildman–Crippen MR) is 77.9 cm³/mol. The van der Waals surface area contributed by atoms with E-state index in [9.17, 15) is 10.2 Å². The van der Waals surface area contributed by atoms with Crippen LogP contribution in [-0.4, -0.2) is 15.2 Å². The summed E-state index contributed by atoms with van der Waals surface area (Å²) in [6, 6.07) is 12.8. The summed E-state index contributed by atoms with van der Waals surface area (Å²) < 4.78 is 0. The van der Waals surface area contributed by atoms with Crippen molar-refractivity contribution >= 4 is 10.9 Å². The van der Waals surface area contributed by atoms with Gasteiger partial charge in [-0.05, 0) is 66.4 Å². The SMILES string of the molecule is Oc1ccc2c(c1)CCc1cc3cc(O)ccc3nc1-2. The van der Waals surface area contributed by atoms with Crippen molar-refractivity contribution in [1.29, 1.82) is 0 Å². The Kier molecular flexibility index (Phi) is 2.24. The highest BCUT2D eigenvalue weighted by Crippen LogP contribution is 2.35. The number of aromatic nitrogens is 1. The highest BCUT2D eigenvalue weighted by Gasteiger charge is 2.18. The molecule has 0 amide bonds. The first-order chi connectivity index (χ1) is 9.70. The number of aromatic hydroxyl groups is 2. The van der Waals surface area contributed by atoms with Crippen molar-refractivity contribution in [3.63, 3.8) is 0 Å². The number of nitrogens with zero attached hydrogens (tertiary/aromatic N) is 1. The Morgan fingerprint density at radius 2 is 1.55 bits per heavy atom. The second kappa shape index (κ2) is 3.97. The lowest BCUT2D eigenvalue weighted by atomic mass is 9.88. The van der Waals surface area contributed by atoms with Gasteiger partial charge in [-0.2, -0.15) is 0 Å². The van der Waals surface area contributed by atoms with Crippen LogP contribution in [0, 0.1) is 0 Å². The third-order valence-corrected chi connectivity index (χ3v) is 3.88. The normalized spacial score (nSPS) is 13.0. The Morgan fingerprint density at radius 1 is 0.800 bits per heavy atom. The third kappa shape index (κ3) is 1.63. The Labute approximate surface area is 116 Å². The topological polar surface area (TPSA) is 53.4 Å². The zero-order valence-electron chi connectivity index (χ0n) is 10.8. The van der Waals surface area contributed by atoms with E-state index in [2.05, 4.69) is 6.07 Å². The van der Waals surface area contributed by atoms with Crippen LogP contribution in [0.2, 0.25) is 0 Å². The van der Waals surface area contributed by atoms with Crippen LogP contribution < -0.4 is 0 Å². The zero-order valence-corrected chi connectivity index (χ0v) is 10.8. The van der Waals surface area contributed by atoms with Crippen molar-refractivity contribution in [1.82, 2.24) is 4.98 Å². The number of phenols is 2. The number of hydrogen-bond acceptors (Lipinski definition) is 3. The van der Waals surface area contributed by atoms with E-state index in [1.807, 2.05) is 18.2 Å². The van der Waals surface area contributed by atoms with E-state index >= 15 is 0 Å². The van der Waals surface area contributed by atoms with Gasteiger partial charge in [-0.3, -0.25) is 0 Å². The first-order valence-electron chi connectivity index (χ1n) is 6.65. The molecule has 0 atom stereocenters. The minimum absolute atomic E-state index is 0.264. The molecular weight excluding hydrogens is 250 g/mol. The van der Waals surface area contributed by atoms with E-state index in [4.69, 9.17) is 4.98 Å². The van der Waals surface area contributed by atoms with Crippen molar-refractivity contribution in [2.24, 2.45) is 0 Å². The largest absolute Gasteiger partial charge is 0.508 e. The van der Waals surface area contributed by atoms with Crippen molar-refractivity contribution in [2.45, 2.75) is 12.8 Å². The second-order valence-electron chi connectivity index (χ2n) is 5.21. The number of benzene rings is 2. The maximum Gasteiger partial charge on any atom is 0.116 e. The van der Waals surface area contributed by atoms with Gasteiger partial charge in [0.1, 0.15) is 11.5 Å². The average molecular weight is 263 g/mol. The quantitative estimate of drug-likeness (QED) is 0.653. The molecule has 20 heavy (non-hydrogen) atoms.